The molecule has 0 rings (SSSR count). The molecule has 84 valence electrons. The van der Waals surface area contributed by atoms with E-state index < -0.39 is 5.97 Å². The first kappa shape index (κ1) is 13.3. The van der Waals surface area contributed by atoms with Crippen molar-refractivity contribution in [1.29, 1.82) is 0 Å². The van der Waals surface area contributed by atoms with E-state index in [0.717, 1.165) is 0 Å². The lowest BCUT2D eigenvalue weighted by molar-refractivity contribution is -0.136. The third-order valence-corrected chi connectivity index (χ3v) is 1.36. The Morgan fingerprint density at radius 1 is 1.53 bits per heavy atom. The van der Waals surface area contributed by atoms with Crippen LogP contribution in [-0.4, -0.2) is 42.7 Å². The van der Waals surface area contributed by atoms with E-state index in [9.17, 15) is 4.79 Å². The van der Waals surface area contributed by atoms with Crippen LogP contribution in [-0.2, 0) is 19.1 Å². The van der Waals surface area contributed by atoms with Gasteiger partial charge in [-0.1, -0.05) is 5.16 Å². The highest BCUT2D eigenvalue weighted by molar-refractivity contribution is 6.63. The first-order valence-electron chi connectivity index (χ1n) is 4.22. The molecule has 0 radical (unpaired) electrons. The molecule has 0 amide bonds. The monoisotopic (exact) mass is 215 g/mol. The number of nitrogens with zero attached hydrogens (tertiary/aromatic N) is 3. The Bertz CT molecular complexity index is 294. The number of esters is 1. The number of ether oxygens (including phenoxy) is 2. The molecule has 0 aromatic carbocycles. The van der Waals surface area contributed by atoms with Crippen LogP contribution in [0.2, 0.25) is 0 Å². The second-order valence-corrected chi connectivity index (χ2v) is 2.36. The second kappa shape index (κ2) is 7.66. The molecule has 0 heterocycles. The summed E-state index contributed by atoms with van der Waals surface area (Å²) in [6.45, 7) is 3.70. The highest BCUT2D eigenvalue weighted by Gasteiger charge is 2.25. The van der Waals surface area contributed by atoms with Crippen molar-refractivity contribution in [2.45, 2.75) is 13.8 Å². The van der Waals surface area contributed by atoms with Crippen LogP contribution in [0, 0.1) is 0 Å². The summed E-state index contributed by atoms with van der Waals surface area (Å²) >= 11 is 0. The maximum absolute atomic E-state index is 11.0. The summed E-state index contributed by atoms with van der Waals surface area (Å²) in [5.74, 6) is -0.793. The molecule has 0 atom stereocenters. The van der Waals surface area contributed by atoms with Gasteiger partial charge in [0, 0.05) is 6.61 Å². The smallest absolute Gasteiger partial charge is 0.423 e. The van der Waals surface area contributed by atoms with Gasteiger partial charge in [0.15, 0.2) is 5.71 Å². The number of carbonyl (C=O) groups excluding carboxylic acids is 1. The molecule has 0 saturated carbocycles. The van der Waals surface area contributed by atoms with Gasteiger partial charge in [0.25, 0.3) is 0 Å². The van der Waals surface area contributed by atoms with E-state index in [1.807, 2.05) is 0 Å². The van der Waals surface area contributed by atoms with E-state index in [4.69, 9.17) is 10.3 Å². The molecule has 7 nitrogen and oxygen atoms in total. The molecule has 0 spiro atoms. The van der Waals surface area contributed by atoms with Crippen molar-refractivity contribution in [1.82, 2.24) is 0 Å². The number of carbonyl (C=O) groups is 1. The maximum atomic E-state index is 11.0. The summed E-state index contributed by atoms with van der Waals surface area (Å²) in [7, 11) is 1.17. The number of methoxy groups -OCH3 is 1. The Labute approximate surface area is 87.2 Å². The fraction of sp³-hybridized carbons (Fsp3) is 0.625. The molecule has 0 unspecified atom stereocenters. The zero-order valence-corrected chi connectivity index (χ0v) is 8.89. The SMILES string of the molecule is CCOCO/N=C(\C)C(=[N+]=[N-])C(=O)OC. The van der Waals surface area contributed by atoms with Crippen LogP contribution >= 0.6 is 0 Å². The standard InChI is InChI=1S/C8H13N3O4/c1-4-14-5-15-11-6(2)7(10-9)8(12)13-3/h4-5H2,1-3H3/b11-6+. The Kier molecular flexibility index (Phi) is 6.78. The van der Waals surface area contributed by atoms with E-state index >= 15 is 0 Å². The van der Waals surface area contributed by atoms with Crippen LogP contribution < -0.4 is 0 Å². The van der Waals surface area contributed by atoms with E-state index in [0.29, 0.717) is 6.61 Å². The van der Waals surface area contributed by atoms with Crippen molar-refractivity contribution in [3.63, 3.8) is 0 Å². The summed E-state index contributed by atoms with van der Waals surface area (Å²) in [6, 6.07) is 0. The Hall–Kier alpha value is -1.72. The molecule has 0 N–H and O–H groups in total. The summed E-state index contributed by atoms with van der Waals surface area (Å²) in [6.07, 6.45) is 0. The topological polar surface area (TPSA) is 93.5 Å². The molecular weight excluding hydrogens is 202 g/mol. The largest absolute Gasteiger partial charge is 0.460 e. The predicted octanol–water partition coefficient (Wildman–Crippen LogP) is 0.217. The molecule has 0 aliphatic heterocycles. The van der Waals surface area contributed by atoms with Gasteiger partial charge in [-0.15, -0.1) is 0 Å². The van der Waals surface area contributed by atoms with Crippen molar-refractivity contribution >= 4 is 17.4 Å². The summed E-state index contributed by atoms with van der Waals surface area (Å²) in [5, 5.41) is 3.50. The first-order chi connectivity index (χ1) is 7.17. The minimum Gasteiger partial charge on any atom is -0.460 e. The van der Waals surface area contributed by atoms with Gasteiger partial charge in [-0.2, -0.15) is 4.79 Å². The Morgan fingerprint density at radius 3 is 2.67 bits per heavy atom. The van der Waals surface area contributed by atoms with Crippen LogP contribution in [0.25, 0.3) is 5.53 Å². The van der Waals surface area contributed by atoms with E-state index in [-0.39, 0.29) is 18.2 Å². The van der Waals surface area contributed by atoms with Gasteiger partial charge in [0.05, 0.1) is 7.11 Å². The first-order valence-corrected chi connectivity index (χ1v) is 4.22. The van der Waals surface area contributed by atoms with Crippen LogP contribution in [0.15, 0.2) is 5.16 Å². The molecule has 15 heavy (non-hydrogen) atoms. The van der Waals surface area contributed by atoms with Crippen molar-refractivity contribution in [2.75, 3.05) is 20.5 Å². The third-order valence-electron chi connectivity index (χ3n) is 1.36. The lowest BCUT2D eigenvalue weighted by atomic mass is 10.3. The van der Waals surface area contributed by atoms with E-state index in [1.165, 1.54) is 14.0 Å². The highest BCUT2D eigenvalue weighted by Crippen LogP contribution is 1.88. The predicted molar refractivity (Wildman–Crippen MR) is 51.3 cm³/mol. The Morgan fingerprint density at radius 2 is 2.20 bits per heavy atom. The number of hydrogen-bond acceptors (Lipinski definition) is 5. The van der Waals surface area contributed by atoms with Crippen LogP contribution in [0.3, 0.4) is 0 Å². The maximum Gasteiger partial charge on any atom is 0.423 e. The second-order valence-electron chi connectivity index (χ2n) is 2.36. The Balaban J connectivity index is 4.33. The van der Waals surface area contributed by atoms with Gasteiger partial charge < -0.3 is 19.8 Å². The van der Waals surface area contributed by atoms with E-state index in [1.54, 1.807) is 6.92 Å². The highest BCUT2D eigenvalue weighted by atomic mass is 16.7. The van der Waals surface area contributed by atoms with Crippen molar-refractivity contribution < 1.29 is 23.9 Å². The number of oxime groups is 1. The average Bonchev–Trinajstić information content (AvgIpc) is 2.25. The third kappa shape index (κ3) is 4.90. The van der Waals surface area contributed by atoms with Crippen molar-refractivity contribution in [3.05, 3.63) is 5.53 Å². The van der Waals surface area contributed by atoms with Crippen molar-refractivity contribution in [2.24, 2.45) is 5.16 Å². The number of rotatable bonds is 6. The van der Waals surface area contributed by atoms with Crippen LogP contribution in [0.1, 0.15) is 13.8 Å². The van der Waals surface area contributed by atoms with E-state index in [2.05, 4.69) is 19.5 Å². The lowest BCUT2D eigenvalue weighted by Crippen LogP contribution is -2.24. The molecule has 0 bridgehead atoms. The lowest BCUT2D eigenvalue weighted by Gasteiger charge is -1.98. The van der Waals surface area contributed by atoms with Gasteiger partial charge >= 0.3 is 11.7 Å². The summed E-state index contributed by atoms with van der Waals surface area (Å²) in [5.41, 5.74) is 8.31. The fourth-order valence-corrected chi connectivity index (χ4v) is 0.645. The van der Waals surface area contributed by atoms with Gasteiger partial charge in [0.1, 0.15) is 0 Å². The minimum absolute atomic E-state index is 0.0340. The molecule has 0 aromatic heterocycles. The summed E-state index contributed by atoms with van der Waals surface area (Å²) < 4.78 is 9.19. The molecule has 0 aromatic rings. The van der Waals surface area contributed by atoms with Gasteiger partial charge in [-0.25, -0.2) is 4.79 Å². The zero-order valence-electron chi connectivity index (χ0n) is 8.89. The zero-order chi connectivity index (χ0) is 11.7. The molecule has 0 saturated heterocycles. The van der Waals surface area contributed by atoms with Crippen LogP contribution in [0.4, 0.5) is 0 Å². The van der Waals surface area contributed by atoms with Gasteiger partial charge in [0.2, 0.25) is 6.79 Å². The molecule has 0 fully saturated rings. The molecule has 0 aliphatic rings. The van der Waals surface area contributed by atoms with Crippen molar-refractivity contribution in [3.8, 4) is 0 Å². The summed E-state index contributed by atoms with van der Waals surface area (Å²) in [4.78, 5) is 18.4. The molecular formula is C8H13N3O4. The molecule has 7 heteroatoms. The van der Waals surface area contributed by atoms with Gasteiger partial charge in [-0.05, 0) is 13.8 Å². The quantitative estimate of drug-likeness (QED) is 0.120. The number of hydrogen-bond donors (Lipinski definition) is 0. The van der Waals surface area contributed by atoms with Gasteiger partial charge in [-0.3, -0.25) is 0 Å². The van der Waals surface area contributed by atoms with Crippen LogP contribution in [0.5, 0.6) is 0 Å². The molecule has 0 aliphatic carbocycles. The normalized spacial score (nSPS) is 10.5. The fourth-order valence-electron chi connectivity index (χ4n) is 0.645. The minimum atomic E-state index is -0.793. The average molecular weight is 215 g/mol.